The van der Waals surface area contributed by atoms with E-state index >= 15 is 0 Å². The van der Waals surface area contributed by atoms with Gasteiger partial charge in [0.2, 0.25) is 0 Å². The maximum Gasteiger partial charge on any atom is 0.466 e. The second-order valence-electron chi connectivity index (χ2n) is 7.38. The van der Waals surface area contributed by atoms with E-state index in [0.717, 1.165) is 11.8 Å². The summed E-state index contributed by atoms with van der Waals surface area (Å²) in [6.07, 6.45) is 8.52. The molecule has 4 rings (SSSR count). The van der Waals surface area contributed by atoms with E-state index in [1.165, 1.54) is 49.7 Å². The largest absolute Gasteiger partial charge is 0.466 e. The Hall–Kier alpha value is -1.49. The molecular formula is C21H30NO4P. The lowest BCUT2D eigenvalue weighted by molar-refractivity contribution is 0.171. The molecule has 5 N–H and O–H groups in total. The zero-order valence-corrected chi connectivity index (χ0v) is 16.4. The second kappa shape index (κ2) is 10.7. The molecular weight excluding hydrogens is 361 g/mol. The monoisotopic (exact) mass is 391 g/mol. The van der Waals surface area contributed by atoms with Crippen LogP contribution in [0.4, 0.5) is 0 Å². The molecule has 2 bridgehead atoms. The first-order valence-corrected chi connectivity index (χ1v) is 11.0. The van der Waals surface area contributed by atoms with Gasteiger partial charge in [0.05, 0.1) is 0 Å². The van der Waals surface area contributed by atoms with Gasteiger partial charge in [0.15, 0.2) is 0 Å². The zero-order chi connectivity index (χ0) is 19.7. The Kier molecular flexibility index (Phi) is 8.68. The molecule has 0 saturated heterocycles. The zero-order valence-electron chi connectivity index (χ0n) is 15.5. The molecule has 2 saturated carbocycles. The maximum atomic E-state index is 8.88. The SMILES string of the molecule is N[C@H]1C[C@H]2CCC[C@@H](C1)C2.O=P(O)(O)O.c1ccc(-c2ccccc2)cc1. The van der Waals surface area contributed by atoms with Gasteiger partial charge in [-0.2, -0.15) is 0 Å². The van der Waals surface area contributed by atoms with E-state index in [1.54, 1.807) is 0 Å². The van der Waals surface area contributed by atoms with Crippen molar-refractivity contribution in [1.82, 2.24) is 0 Å². The molecule has 148 valence electrons. The van der Waals surface area contributed by atoms with Gasteiger partial charge in [0.1, 0.15) is 0 Å². The van der Waals surface area contributed by atoms with Gasteiger partial charge in [-0.1, -0.05) is 79.9 Å². The van der Waals surface area contributed by atoms with E-state index in [0.29, 0.717) is 6.04 Å². The molecule has 5 nitrogen and oxygen atoms in total. The number of fused-ring (bicyclic) bond motifs is 2. The molecule has 27 heavy (non-hydrogen) atoms. The van der Waals surface area contributed by atoms with Gasteiger partial charge in [0.25, 0.3) is 0 Å². The van der Waals surface area contributed by atoms with Crippen LogP contribution in [0, 0.1) is 11.8 Å². The van der Waals surface area contributed by atoms with Crippen molar-refractivity contribution in [3.8, 4) is 11.1 Å². The first kappa shape index (κ1) is 21.8. The van der Waals surface area contributed by atoms with Crippen LogP contribution in [-0.2, 0) is 4.57 Å². The molecule has 2 fully saturated rings. The molecule has 2 aliphatic rings. The topological polar surface area (TPSA) is 104 Å². The van der Waals surface area contributed by atoms with Crippen molar-refractivity contribution < 1.29 is 19.2 Å². The lowest BCUT2D eigenvalue weighted by atomic mass is 9.71. The van der Waals surface area contributed by atoms with Gasteiger partial charge in [-0.15, -0.1) is 0 Å². The smallest absolute Gasteiger partial charge is 0.328 e. The Labute approximate surface area is 161 Å². The predicted octanol–water partition coefficient (Wildman–Crippen LogP) is 4.34. The van der Waals surface area contributed by atoms with Crippen LogP contribution in [-0.4, -0.2) is 20.7 Å². The molecule has 0 aromatic heterocycles. The summed E-state index contributed by atoms with van der Waals surface area (Å²) in [6, 6.07) is 21.3. The second-order valence-corrected chi connectivity index (χ2v) is 8.40. The van der Waals surface area contributed by atoms with Gasteiger partial charge in [-0.3, -0.25) is 0 Å². The summed E-state index contributed by atoms with van der Waals surface area (Å²) >= 11 is 0. The van der Waals surface area contributed by atoms with Crippen molar-refractivity contribution in [2.75, 3.05) is 0 Å². The van der Waals surface area contributed by atoms with Crippen LogP contribution >= 0.6 is 7.82 Å². The van der Waals surface area contributed by atoms with Gasteiger partial charge in [-0.25, -0.2) is 4.57 Å². The summed E-state index contributed by atoms with van der Waals surface area (Å²) in [5.41, 5.74) is 8.48. The minimum atomic E-state index is -4.64. The fraction of sp³-hybridized carbons (Fsp3) is 0.429. The van der Waals surface area contributed by atoms with Crippen LogP contribution in [0.15, 0.2) is 60.7 Å². The molecule has 0 heterocycles. The van der Waals surface area contributed by atoms with Gasteiger partial charge < -0.3 is 20.4 Å². The van der Waals surface area contributed by atoms with Crippen molar-refractivity contribution in [2.24, 2.45) is 17.6 Å². The van der Waals surface area contributed by atoms with Crippen molar-refractivity contribution >= 4 is 7.82 Å². The quantitative estimate of drug-likeness (QED) is 0.542. The Morgan fingerprint density at radius 2 is 1.11 bits per heavy atom. The summed E-state index contributed by atoms with van der Waals surface area (Å²) in [5, 5.41) is 0. The minimum Gasteiger partial charge on any atom is -0.328 e. The predicted molar refractivity (Wildman–Crippen MR) is 109 cm³/mol. The van der Waals surface area contributed by atoms with Crippen molar-refractivity contribution in [3.05, 3.63) is 60.7 Å². The van der Waals surface area contributed by atoms with E-state index in [1.807, 2.05) is 12.1 Å². The summed E-state index contributed by atoms with van der Waals surface area (Å²) in [4.78, 5) is 21.6. The third kappa shape index (κ3) is 9.32. The third-order valence-electron chi connectivity index (χ3n) is 5.04. The van der Waals surface area contributed by atoms with E-state index < -0.39 is 7.82 Å². The Morgan fingerprint density at radius 3 is 1.48 bits per heavy atom. The van der Waals surface area contributed by atoms with Crippen molar-refractivity contribution in [1.29, 1.82) is 0 Å². The molecule has 6 heteroatoms. The molecule has 3 atom stereocenters. The fourth-order valence-corrected chi connectivity index (χ4v) is 4.04. The highest BCUT2D eigenvalue weighted by Crippen LogP contribution is 2.38. The molecule has 2 aliphatic carbocycles. The Balaban J connectivity index is 0.000000158. The van der Waals surface area contributed by atoms with E-state index in [9.17, 15) is 0 Å². The van der Waals surface area contributed by atoms with Gasteiger partial charge in [-0.05, 0) is 42.2 Å². The number of hydrogen-bond acceptors (Lipinski definition) is 2. The molecule has 0 amide bonds. The highest BCUT2D eigenvalue weighted by Gasteiger charge is 2.29. The first-order chi connectivity index (χ1) is 12.8. The molecule has 2 aromatic rings. The molecule has 0 spiro atoms. The third-order valence-corrected chi connectivity index (χ3v) is 5.04. The van der Waals surface area contributed by atoms with E-state index in [2.05, 4.69) is 48.5 Å². The van der Waals surface area contributed by atoms with Crippen LogP contribution in [0.25, 0.3) is 11.1 Å². The summed E-state index contributed by atoms with van der Waals surface area (Å²) < 4.78 is 8.88. The van der Waals surface area contributed by atoms with E-state index in [-0.39, 0.29) is 0 Å². The number of phosphoric acid groups is 1. The summed E-state index contributed by atoms with van der Waals surface area (Å²) in [5.74, 6) is 2.00. The van der Waals surface area contributed by atoms with Crippen LogP contribution in [0.5, 0.6) is 0 Å². The number of rotatable bonds is 1. The van der Waals surface area contributed by atoms with Gasteiger partial charge >= 0.3 is 7.82 Å². The number of benzene rings is 2. The maximum absolute atomic E-state index is 8.88. The normalized spacial score (nSPS) is 23.9. The first-order valence-electron chi connectivity index (χ1n) is 9.45. The van der Waals surface area contributed by atoms with Crippen LogP contribution in [0.1, 0.15) is 38.5 Å². The fourth-order valence-electron chi connectivity index (χ4n) is 4.04. The summed E-state index contributed by atoms with van der Waals surface area (Å²) in [6.45, 7) is 0. The number of nitrogens with two attached hydrogens (primary N) is 1. The highest BCUT2D eigenvalue weighted by atomic mass is 31.2. The minimum absolute atomic E-state index is 0.545. The molecule has 0 unspecified atom stereocenters. The Morgan fingerprint density at radius 1 is 0.741 bits per heavy atom. The van der Waals surface area contributed by atoms with Crippen LogP contribution in [0.2, 0.25) is 0 Å². The number of hydrogen-bond donors (Lipinski definition) is 4. The van der Waals surface area contributed by atoms with Crippen LogP contribution < -0.4 is 5.73 Å². The average Bonchev–Trinajstić information content (AvgIpc) is 2.62. The Bertz CT molecular complexity index is 643. The van der Waals surface area contributed by atoms with Crippen LogP contribution in [0.3, 0.4) is 0 Å². The average molecular weight is 391 g/mol. The summed E-state index contributed by atoms with van der Waals surface area (Å²) in [7, 11) is -4.64. The molecule has 0 aliphatic heterocycles. The standard InChI is InChI=1S/C12H10.C9H17N.H3O4P/c1-3-7-11(8-4-1)12-9-5-2-6-10-12;10-9-5-7-2-1-3-8(4-7)6-9;1-5(2,3)4/h1-10H;7-9H,1-6,10H2;(H3,1,2,3,4)/t;7-,8+,9-;. The van der Waals surface area contributed by atoms with Crippen molar-refractivity contribution in [2.45, 2.75) is 44.6 Å². The highest BCUT2D eigenvalue weighted by molar-refractivity contribution is 7.45. The molecule has 2 aromatic carbocycles. The lowest BCUT2D eigenvalue weighted by Gasteiger charge is -2.37. The van der Waals surface area contributed by atoms with Crippen molar-refractivity contribution in [3.63, 3.8) is 0 Å². The van der Waals surface area contributed by atoms with E-state index in [4.69, 9.17) is 25.0 Å². The van der Waals surface area contributed by atoms with Gasteiger partial charge in [0, 0.05) is 6.04 Å². The molecule has 0 radical (unpaired) electrons. The lowest BCUT2D eigenvalue weighted by Crippen LogP contribution is -2.35.